The average molecular weight is 292 g/mol. The number of anilines is 1. The fourth-order valence-electron chi connectivity index (χ4n) is 3.25. The van der Waals surface area contributed by atoms with Crippen molar-refractivity contribution in [3.63, 3.8) is 0 Å². The lowest BCUT2D eigenvalue weighted by Gasteiger charge is -2.22. The van der Waals surface area contributed by atoms with Crippen LogP contribution in [0.2, 0.25) is 0 Å². The first-order valence-electron chi connectivity index (χ1n) is 7.83. The second-order valence-corrected chi connectivity index (χ2v) is 7.12. The molecule has 1 saturated carbocycles. The molecule has 1 aromatic rings. The quantitative estimate of drug-likeness (QED) is 0.659. The molecule has 2 aliphatic carbocycles. The highest BCUT2D eigenvalue weighted by Crippen LogP contribution is 2.31. The molecule has 2 aliphatic rings. The van der Waals surface area contributed by atoms with Crippen molar-refractivity contribution in [2.75, 3.05) is 5.43 Å². The SMILES string of the molecule is NNc1nc(CSC2CCCCC2)nc2c1CCCC2. The summed E-state index contributed by atoms with van der Waals surface area (Å²) in [7, 11) is 0. The van der Waals surface area contributed by atoms with Crippen LogP contribution in [0.1, 0.15) is 62.0 Å². The molecule has 20 heavy (non-hydrogen) atoms. The molecule has 0 unspecified atom stereocenters. The maximum Gasteiger partial charge on any atom is 0.147 e. The summed E-state index contributed by atoms with van der Waals surface area (Å²) in [6, 6.07) is 0. The van der Waals surface area contributed by atoms with Crippen LogP contribution in [0.5, 0.6) is 0 Å². The van der Waals surface area contributed by atoms with Crippen molar-refractivity contribution >= 4 is 17.6 Å². The molecule has 1 aromatic heterocycles. The van der Waals surface area contributed by atoms with E-state index in [2.05, 4.69) is 10.4 Å². The Morgan fingerprint density at radius 1 is 1.05 bits per heavy atom. The minimum Gasteiger partial charge on any atom is -0.308 e. The third-order valence-corrected chi connectivity index (χ3v) is 5.73. The first-order valence-corrected chi connectivity index (χ1v) is 8.88. The van der Waals surface area contributed by atoms with Crippen LogP contribution in [-0.2, 0) is 18.6 Å². The van der Waals surface area contributed by atoms with Crippen molar-refractivity contribution in [2.24, 2.45) is 5.84 Å². The fraction of sp³-hybridized carbons (Fsp3) is 0.733. The summed E-state index contributed by atoms with van der Waals surface area (Å²) in [6.07, 6.45) is 11.5. The summed E-state index contributed by atoms with van der Waals surface area (Å²) in [5, 5.41) is 0.803. The number of rotatable bonds is 4. The van der Waals surface area contributed by atoms with Crippen molar-refractivity contribution in [3.8, 4) is 0 Å². The first-order chi connectivity index (χ1) is 9.86. The van der Waals surface area contributed by atoms with E-state index in [1.165, 1.54) is 56.2 Å². The monoisotopic (exact) mass is 292 g/mol. The summed E-state index contributed by atoms with van der Waals surface area (Å²) >= 11 is 2.03. The lowest BCUT2D eigenvalue weighted by Crippen LogP contribution is -2.18. The Labute approximate surface area is 125 Å². The highest BCUT2D eigenvalue weighted by atomic mass is 32.2. The average Bonchev–Trinajstić information content (AvgIpc) is 2.53. The Balaban J connectivity index is 1.69. The van der Waals surface area contributed by atoms with Gasteiger partial charge in [-0.15, -0.1) is 0 Å². The number of thioether (sulfide) groups is 1. The summed E-state index contributed by atoms with van der Waals surface area (Å²) in [6.45, 7) is 0. The van der Waals surface area contributed by atoms with E-state index in [0.29, 0.717) is 0 Å². The number of hydrogen-bond donors (Lipinski definition) is 2. The molecule has 4 nitrogen and oxygen atoms in total. The third kappa shape index (κ3) is 3.26. The van der Waals surface area contributed by atoms with Gasteiger partial charge >= 0.3 is 0 Å². The van der Waals surface area contributed by atoms with E-state index in [1.54, 1.807) is 0 Å². The van der Waals surface area contributed by atoms with Crippen LogP contribution >= 0.6 is 11.8 Å². The molecule has 5 heteroatoms. The van der Waals surface area contributed by atoms with Gasteiger partial charge in [0.25, 0.3) is 0 Å². The van der Waals surface area contributed by atoms with E-state index in [4.69, 9.17) is 10.8 Å². The van der Waals surface area contributed by atoms with Gasteiger partial charge in [0.15, 0.2) is 0 Å². The Morgan fingerprint density at radius 2 is 1.85 bits per heavy atom. The van der Waals surface area contributed by atoms with Gasteiger partial charge in [-0.25, -0.2) is 15.8 Å². The van der Waals surface area contributed by atoms with Gasteiger partial charge in [-0.3, -0.25) is 0 Å². The van der Waals surface area contributed by atoms with Gasteiger partial charge in [0.2, 0.25) is 0 Å². The first kappa shape index (κ1) is 14.1. The molecule has 0 atom stereocenters. The fourth-order valence-corrected chi connectivity index (χ4v) is 4.43. The largest absolute Gasteiger partial charge is 0.308 e. The molecule has 0 saturated heterocycles. The lowest BCUT2D eigenvalue weighted by atomic mass is 9.96. The van der Waals surface area contributed by atoms with Crippen molar-refractivity contribution in [1.29, 1.82) is 0 Å². The molecule has 0 bridgehead atoms. The van der Waals surface area contributed by atoms with E-state index in [-0.39, 0.29) is 0 Å². The molecule has 1 heterocycles. The number of nitrogen functional groups attached to an aromatic ring is 1. The van der Waals surface area contributed by atoms with Gasteiger partial charge in [0, 0.05) is 16.5 Å². The third-order valence-electron chi connectivity index (χ3n) is 4.37. The van der Waals surface area contributed by atoms with Gasteiger partial charge in [-0.2, -0.15) is 11.8 Å². The van der Waals surface area contributed by atoms with Crippen LogP contribution in [-0.4, -0.2) is 15.2 Å². The Hall–Kier alpha value is -0.810. The smallest absolute Gasteiger partial charge is 0.147 e. The molecule has 0 spiro atoms. The van der Waals surface area contributed by atoms with Gasteiger partial charge in [-0.1, -0.05) is 19.3 Å². The Bertz CT molecular complexity index is 440. The number of fused-ring (bicyclic) bond motifs is 1. The number of aromatic nitrogens is 2. The van der Waals surface area contributed by atoms with Crippen LogP contribution in [0.15, 0.2) is 0 Å². The van der Waals surface area contributed by atoms with Crippen LogP contribution in [0, 0.1) is 0 Å². The van der Waals surface area contributed by atoms with Crippen molar-refractivity contribution in [1.82, 2.24) is 9.97 Å². The normalized spacial score (nSPS) is 19.6. The lowest BCUT2D eigenvalue weighted by molar-refractivity contribution is 0.516. The second-order valence-electron chi connectivity index (χ2n) is 5.84. The van der Waals surface area contributed by atoms with E-state index in [1.807, 2.05) is 11.8 Å². The second kappa shape index (κ2) is 6.76. The molecule has 0 radical (unpaired) electrons. The van der Waals surface area contributed by atoms with Crippen LogP contribution in [0.3, 0.4) is 0 Å². The summed E-state index contributed by atoms with van der Waals surface area (Å²) < 4.78 is 0. The standard InChI is InChI=1S/C15H24N4S/c16-19-15-12-8-4-5-9-13(12)17-14(18-15)10-20-11-6-2-1-3-7-11/h11H,1-10,16H2,(H,17,18,19). The number of nitrogens with zero attached hydrogens (tertiary/aromatic N) is 2. The van der Waals surface area contributed by atoms with E-state index in [9.17, 15) is 0 Å². The van der Waals surface area contributed by atoms with Crippen molar-refractivity contribution < 1.29 is 0 Å². The zero-order valence-electron chi connectivity index (χ0n) is 12.0. The van der Waals surface area contributed by atoms with E-state index >= 15 is 0 Å². The molecule has 110 valence electrons. The number of hydrogen-bond acceptors (Lipinski definition) is 5. The van der Waals surface area contributed by atoms with Crippen LogP contribution < -0.4 is 11.3 Å². The predicted octanol–water partition coefficient (Wildman–Crippen LogP) is 3.21. The molecule has 3 rings (SSSR count). The van der Waals surface area contributed by atoms with E-state index < -0.39 is 0 Å². The maximum absolute atomic E-state index is 5.63. The summed E-state index contributed by atoms with van der Waals surface area (Å²) in [4.78, 5) is 9.40. The number of aryl methyl sites for hydroxylation is 1. The number of nitrogens with two attached hydrogens (primary N) is 1. The van der Waals surface area contributed by atoms with Crippen LogP contribution in [0.4, 0.5) is 5.82 Å². The molecule has 0 aromatic carbocycles. The summed E-state index contributed by atoms with van der Waals surface area (Å²) in [5.41, 5.74) is 5.23. The highest BCUT2D eigenvalue weighted by Gasteiger charge is 2.19. The highest BCUT2D eigenvalue weighted by molar-refractivity contribution is 7.99. The molecule has 0 aliphatic heterocycles. The number of nitrogens with one attached hydrogen (secondary N) is 1. The Kier molecular flexibility index (Phi) is 4.78. The van der Waals surface area contributed by atoms with Gasteiger partial charge in [-0.05, 0) is 38.5 Å². The predicted molar refractivity (Wildman–Crippen MR) is 84.7 cm³/mol. The zero-order valence-corrected chi connectivity index (χ0v) is 12.8. The van der Waals surface area contributed by atoms with E-state index in [0.717, 1.165) is 35.5 Å². The van der Waals surface area contributed by atoms with Crippen molar-refractivity contribution in [3.05, 3.63) is 17.1 Å². The minimum atomic E-state index is 0.803. The Morgan fingerprint density at radius 3 is 2.65 bits per heavy atom. The summed E-state index contributed by atoms with van der Waals surface area (Å²) in [5.74, 6) is 8.37. The van der Waals surface area contributed by atoms with Gasteiger partial charge < -0.3 is 5.43 Å². The zero-order chi connectivity index (χ0) is 13.8. The maximum atomic E-state index is 5.63. The topological polar surface area (TPSA) is 63.8 Å². The number of hydrazine groups is 1. The van der Waals surface area contributed by atoms with Crippen molar-refractivity contribution in [2.45, 2.75) is 68.8 Å². The molecule has 1 fully saturated rings. The molecule has 0 amide bonds. The van der Waals surface area contributed by atoms with Gasteiger partial charge in [0.05, 0.1) is 5.75 Å². The molecular weight excluding hydrogens is 268 g/mol. The molecule has 3 N–H and O–H groups in total. The van der Waals surface area contributed by atoms with Gasteiger partial charge in [0.1, 0.15) is 11.6 Å². The molecular formula is C15H24N4S. The minimum absolute atomic E-state index is 0.803. The van der Waals surface area contributed by atoms with Crippen LogP contribution in [0.25, 0.3) is 0 Å².